The number of nitrogens with one attached hydrogen (secondary N) is 2. The lowest BCUT2D eigenvalue weighted by Crippen LogP contribution is -2.28. The van der Waals surface area contributed by atoms with Crippen molar-refractivity contribution in [3.63, 3.8) is 0 Å². The van der Waals surface area contributed by atoms with Crippen LogP contribution in [0.25, 0.3) is 6.08 Å². The van der Waals surface area contributed by atoms with Crippen molar-refractivity contribution in [1.82, 2.24) is 10.3 Å². The van der Waals surface area contributed by atoms with Crippen LogP contribution in [0.5, 0.6) is 0 Å². The van der Waals surface area contributed by atoms with Crippen LogP contribution in [0.3, 0.4) is 0 Å². The second-order valence-corrected chi connectivity index (χ2v) is 7.13. The number of hydrogen-bond donors (Lipinski definition) is 2. The van der Waals surface area contributed by atoms with Crippen molar-refractivity contribution in [2.75, 3.05) is 5.32 Å². The molecule has 1 aromatic heterocycles. The molecule has 4 rings (SSSR count). The van der Waals surface area contributed by atoms with Crippen molar-refractivity contribution >= 4 is 41.0 Å². The Morgan fingerprint density at radius 3 is 2.50 bits per heavy atom. The van der Waals surface area contributed by atoms with Crippen LogP contribution in [0.1, 0.15) is 31.8 Å². The van der Waals surface area contributed by atoms with E-state index in [1.54, 1.807) is 60.9 Å². The van der Waals surface area contributed by atoms with Crippen LogP contribution in [0.2, 0.25) is 5.02 Å². The van der Waals surface area contributed by atoms with E-state index in [-0.39, 0.29) is 17.0 Å². The van der Waals surface area contributed by atoms with Crippen molar-refractivity contribution in [2.45, 2.75) is 6.54 Å². The number of rotatable bonds is 4. The van der Waals surface area contributed by atoms with Crippen molar-refractivity contribution in [3.05, 3.63) is 99.8 Å². The molecule has 2 amide bonds. The highest BCUT2D eigenvalue weighted by atomic mass is 35.5. The molecule has 2 aromatic carbocycles. The minimum atomic E-state index is -0.489. The normalized spacial score (nSPS) is 14.2. The Bertz CT molecular complexity index is 1170. The van der Waals surface area contributed by atoms with E-state index in [4.69, 9.17) is 11.6 Å². The average Bonchev–Trinajstić information content (AvgIpc) is 2.77. The predicted octanol–water partition coefficient (Wildman–Crippen LogP) is 3.88. The molecule has 2 N–H and O–H groups in total. The lowest BCUT2D eigenvalue weighted by atomic mass is 9.93. The number of benzene rings is 2. The third kappa shape index (κ3) is 4.14. The highest BCUT2D eigenvalue weighted by molar-refractivity contribution is 6.36. The number of carbonyl (C=O) groups is 3. The van der Waals surface area contributed by atoms with E-state index in [0.29, 0.717) is 28.4 Å². The van der Waals surface area contributed by atoms with Gasteiger partial charge < -0.3 is 10.6 Å². The van der Waals surface area contributed by atoms with Crippen molar-refractivity contribution in [3.8, 4) is 0 Å². The summed E-state index contributed by atoms with van der Waals surface area (Å²) in [6.45, 7) is 0.338. The van der Waals surface area contributed by atoms with Crippen LogP contribution >= 0.6 is 11.6 Å². The maximum absolute atomic E-state index is 13.0. The maximum Gasteiger partial charge on any atom is 0.259 e. The van der Waals surface area contributed by atoms with Crippen molar-refractivity contribution < 1.29 is 14.4 Å². The van der Waals surface area contributed by atoms with Crippen LogP contribution in [0.15, 0.2) is 72.6 Å². The third-order valence-electron chi connectivity index (χ3n) is 4.65. The second-order valence-electron chi connectivity index (χ2n) is 6.69. The zero-order chi connectivity index (χ0) is 21.1. The van der Waals surface area contributed by atoms with Gasteiger partial charge in [-0.25, -0.2) is 0 Å². The van der Waals surface area contributed by atoms with Crippen molar-refractivity contribution in [2.24, 2.45) is 0 Å². The Kier molecular flexibility index (Phi) is 5.41. The molecule has 1 aliphatic rings. The SMILES string of the molecule is O=C1Nc2ccc(C(=O)NCc3ccncc3)cc2C(=O)/C1=C/c1ccc(Cl)cc1. The summed E-state index contributed by atoms with van der Waals surface area (Å²) in [7, 11) is 0. The number of hydrogen-bond acceptors (Lipinski definition) is 4. The summed E-state index contributed by atoms with van der Waals surface area (Å²) >= 11 is 5.88. The number of ketones is 1. The van der Waals surface area contributed by atoms with Gasteiger partial charge in [-0.1, -0.05) is 23.7 Å². The summed E-state index contributed by atoms with van der Waals surface area (Å²) < 4.78 is 0. The third-order valence-corrected chi connectivity index (χ3v) is 4.90. The Labute approximate surface area is 177 Å². The monoisotopic (exact) mass is 417 g/mol. The maximum atomic E-state index is 13.0. The van der Waals surface area contributed by atoms with E-state index in [0.717, 1.165) is 5.56 Å². The molecule has 0 aliphatic carbocycles. The highest BCUT2D eigenvalue weighted by Gasteiger charge is 2.29. The average molecular weight is 418 g/mol. The van der Waals surface area contributed by atoms with Gasteiger partial charge in [0.25, 0.3) is 11.8 Å². The minimum absolute atomic E-state index is 0.000772. The lowest BCUT2D eigenvalue weighted by molar-refractivity contribution is -0.112. The molecule has 148 valence electrons. The first-order chi connectivity index (χ1) is 14.5. The van der Waals surface area contributed by atoms with E-state index in [9.17, 15) is 14.4 Å². The second kappa shape index (κ2) is 8.31. The molecule has 0 unspecified atom stereocenters. The highest BCUT2D eigenvalue weighted by Crippen LogP contribution is 2.28. The number of pyridine rings is 1. The molecule has 0 saturated carbocycles. The zero-order valence-corrected chi connectivity index (χ0v) is 16.4. The largest absolute Gasteiger partial charge is 0.348 e. The van der Waals surface area contributed by atoms with E-state index in [1.807, 2.05) is 0 Å². The summed E-state index contributed by atoms with van der Waals surface area (Å²) in [4.78, 5) is 41.8. The van der Waals surface area contributed by atoms with Gasteiger partial charge in [0.1, 0.15) is 0 Å². The molecule has 2 heterocycles. The number of fused-ring (bicyclic) bond motifs is 1. The molecule has 0 saturated heterocycles. The fraction of sp³-hybridized carbons (Fsp3) is 0.0435. The summed E-state index contributed by atoms with van der Waals surface area (Å²) in [5.74, 6) is -1.24. The van der Waals surface area contributed by atoms with Gasteiger partial charge in [0.2, 0.25) is 5.78 Å². The Morgan fingerprint density at radius 1 is 1.03 bits per heavy atom. The van der Waals surface area contributed by atoms with Gasteiger partial charge in [0.15, 0.2) is 0 Å². The molecular weight excluding hydrogens is 402 g/mol. The zero-order valence-electron chi connectivity index (χ0n) is 15.7. The van der Waals surface area contributed by atoms with Gasteiger partial charge in [-0.15, -0.1) is 0 Å². The summed E-state index contributed by atoms with van der Waals surface area (Å²) in [5.41, 5.74) is 2.56. The predicted molar refractivity (Wildman–Crippen MR) is 114 cm³/mol. The Balaban J connectivity index is 1.58. The fourth-order valence-corrected chi connectivity index (χ4v) is 3.19. The number of carbonyl (C=O) groups excluding carboxylic acids is 3. The summed E-state index contributed by atoms with van der Waals surface area (Å²) in [6.07, 6.45) is 4.81. The van der Waals surface area contributed by atoms with Crippen LogP contribution in [-0.2, 0) is 11.3 Å². The topological polar surface area (TPSA) is 88.2 Å². The molecule has 3 aromatic rings. The number of aromatic nitrogens is 1. The first-order valence-corrected chi connectivity index (χ1v) is 9.53. The first kappa shape index (κ1) is 19.5. The number of anilines is 1. The van der Waals surface area contributed by atoms with E-state index in [2.05, 4.69) is 15.6 Å². The van der Waals surface area contributed by atoms with E-state index >= 15 is 0 Å². The number of nitrogens with zero attached hydrogens (tertiary/aromatic N) is 1. The quantitative estimate of drug-likeness (QED) is 0.498. The lowest BCUT2D eigenvalue weighted by Gasteiger charge is -2.19. The van der Waals surface area contributed by atoms with Gasteiger partial charge in [0, 0.05) is 35.1 Å². The number of amides is 2. The molecule has 0 bridgehead atoms. The molecule has 0 spiro atoms. The summed E-state index contributed by atoms with van der Waals surface area (Å²) in [6, 6.07) is 15.0. The molecule has 0 radical (unpaired) electrons. The van der Waals surface area contributed by atoms with Gasteiger partial charge in [0.05, 0.1) is 11.3 Å². The molecule has 0 fully saturated rings. The van der Waals surface area contributed by atoms with Gasteiger partial charge in [-0.05, 0) is 59.7 Å². The van der Waals surface area contributed by atoms with Crippen LogP contribution in [-0.4, -0.2) is 22.6 Å². The first-order valence-electron chi connectivity index (χ1n) is 9.16. The number of Topliss-reactive ketones (excluding diaryl/α,β-unsaturated/α-hetero) is 1. The number of halogens is 1. The molecule has 7 heteroatoms. The standard InChI is InChI=1S/C23H16ClN3O3/c24-17-4-1-14(2-5-17)11-19-21(28)18-12-16(3-6-20(18)27-23(19)30)22(29)26-13-15-7-9-25-10-8-15/h1-12H,13H2,(H,26,29)(H,27,30)/b19-11-. The van der Waals surface area contributed by atoms with Gasteiger partial charge in [-0.2, -0.15) is 0 Å². The molecule has 0 atom stereocenters. The Morgan fingerprint density at radius 2 is 1.77 bits per heavy atom. The molecule has 30 heavy (non-hydrogen) atoms. The smallest absolute Gasteiger partial charge is 0.259 e. The Hall–Kier alpha value is -3.77. The van der Waals surface area contributed by atoms with Crippen LogP contribution in [0.4, 0.5) is 5.69 Å². The summed E-state index contributed by atoms with van der Waals surface area (Å²) in [5, 5.41) is 6.07. The fourth-order valence-electron chi connectivity index (χ4n) is 3.06. The van der Waals surface area contributed by atoms with Gasteiger partial charge >= 0.3 is 0 Å². The van der Waals surface area contributed by atoms with Crippen LogP contribution in [0, 0.1) is 0 Å². The van der Waals surface area contributed by atoms with E-state index < -0.39 is 11.7 Å². The molecular formula is C23H16ClN3O3. The van der Waals surface area contributed by atoms with Crippen molar-refractivity contribution in [1.29, 1.82) is 0 Å². The molecule has 6 nitrogen and oxygen atoms in total. The van der Waals surface area contributed by atoms with E-state index in [1.165, 1.54) is 12.1 Å². The minimum Gasteiger partial charge on any atom is -0.348 e. The van der Waals surface area contributed by atoms with Gasteiger partial charge in [-0.3, -0.25) is 19.4 Å². The molecule has 1 aliphatic heterocycles. The van der Waals surface area contributed by atoms with Crippen LogP contribution < -0.4 is 10.6 Å².